The minimum atomic E-state index is -0.891. The van der Waals surface area contributed by atoms with Gasteiger partial charge >= 0.3 is 6.09 Å². The number of aromatic nitrogens is 1. The number of carbonyl (C=O) groups is 3. The molecule has 0 spiro atoms. The average Bonchev–Trinajstić information content (AvgIpc) is 3.08. The van der Waals surface area contributed by atoms with Gasteiger partial charge in [-0.3, -0.25) is 24.7 Å². The summed E-state index contributed by atoms with van der Waals surface area (Å²) < 4.78 is 10.7. The molecule has 3 N–H and O–H groups in total. The van der Waals surface area contributed by atoms with Gasteiger partial charge in [0.05, 0.1) is 22.7 Å². The number of carbonyl (C=O) groups excluding carboxylic acids is 3. The molecular weight excluding hydrogens is 590 g/mol. The van der Waals surface area contributed by atoms with Crippen LogP contribution in [0.4, 0.5) is 16.2 Å². The molecule has 12 heteroatoms. The zero-order valence-corrected chi connectivity index (χ0v) is 25.9. The predicted molar refractivity (Wildman–Crippen MR) is 175 cm³/mol. The molecule has 3 aromatic carbocycles. The lowest BCUT2D eigenvalue weighted by Gasteiger charge is -2.19. The Hall–Kier alpha value is -5.36. The van der Waals surface area contributed by atoms with Crippen LogP contribution in [0.2, 0.25) is 0 Å². The zero-order valence-electron chi connectivity index (χ0n) is 25.9. The summed E-state index contributed by atoms with van der Waals surface area (Å²) >= 11 is 0. The van der Waals surface area contributed by atoms with Crippen molar-refractivity contribution >= 4 is 40.2 Å². The largest absolute Gasteiger partial charge is 0.445 e. The summed E-state index contributed by atoms with van der Waals surface area (Å²) in [5, 5.41) is 19.9. The molecule has 1 unspecified atom stereocenters. The van der Waals surface area contributed by atoms with Gasteiger partial charge in [-0.15, -0.1) is 0 Å². The van der Waals surface area contributed by atoms with Crippen molar-refractivity contribution in [1.82, 2.24) is 15.6 Å². The van der Waals surface area contributed by atoms with Crippen LogP contribution in [-0.4, -0.2) is 47.0 Å². The fourth-order valence-electron chi connectivity index (χ4n) is 4.33. The molecule has 0 saturated carbocycles. The number of unbranched alkanes of at least 4 members (excludes halogenated alkanes) is 1. The molecule has 242 valence electrons. The first-order chi connectivity index (χ1) is 22.4. The highest BCUT2D eigenvalue weighted by Crippen LogP contribution is 2.21. The molecule has 4 aromatic rings. The number of nitrogens with zero attached hydrogens (tertiary/aromatic N) is 2. The minimum Gasteiger partial charge on any atom is -0.445 e. The summed E-state index contributed by atoms with van der Waals surface area (Å²) in [6, 6.07) is 23.4. The number of amides is 3. The molecule has 1 aromatic heterocycles. The summed E-state index contributed by atoms with van der Waals surface area (Å²) in [7, 11) is 0. The number of nitrogens with one attached hydrogen (secondary N) is 3. The van der Waals surface area contributed by atoms with E-state index in [0.29, 0.717) is 42.6 Å². The maximum atomic E-state index is 13.3. The third kappa shape index (κ3) is 11.6. The first kappa shape index (κ1) is 35.1. The molecule has 0 aliphatic carbocycles. The van der Waals surface area contributed by atoms with Crippen LogP contribution in [0.5, 0.6) is 0 Å². The van der Waals surface area contributed by atoms with Crippen molar-refractivity contribution in [2.75, 3.05) is 18.5 Å². The van der Waals surface area contributed by atoms with E-state index in [1.807, 2.05) is 68.4 Å². The Morgan fingerprint density at radius 1 is 0.870 bits per heavy atom. The second-order valence-corrected chi connectivity index (χ2v) is 9.89. The fraction of sp³-hybridized carbons (Fsp3) is 0.294. The van der Waals surface area contributed by atoms with Gasteiger partial charge in [0, 0.05) is 30.3 Å². The number of hydrogen-bond donors (Lipinski definition) is 3. The smallest absolute Gasteiger partial charge is 0.408 e. The monoisotopic (exact) mass is 629 g/mol. The van der Waals surface area contributed by atoms with E-state index in [1.54, 1.807) is 24.4 Å². The number of benzene rings is 3. The molecule has 0 fully saturated rings. The highest BCUT2D eigenvalue weighted by atomic mass is 16.6. The van der Waals surface area contributed by atoms with Crippen LogP contribution in [0.1, 0.15) is 44.2 Å². The second kappa shape index (κ2) is 19.1. The van der Waals surface area contributed by atoms with Crippen LogP contribution in [0.3, 0.4) is 0 Å². The van der Waals surface area contributed by atoms with Crippen LogP contribution in [0, 0.1) is 10.1 Å². The summed E-state index contributed by atoms with van der Waals surface area (Å²) in [6.45, 7) is 4.38. The van der Waals surface area contributed by atoms with Crippen LogP contribution < -0.4 is 16.0 Å². The maximum absolute atomic E-state index is 13.3. The Morgan fingerprint density at radius 2 is 1.59 bits per heavy atom. The van der Waals surface area contributed by atoms with Gasteiger partial charge in [-0.05, 0) is 54.7 Å². The fourth-order valence-corrected chi connectivity index (χ4v) is 4.33. The quantitative estimate of drug-likeness (QED) is 0.0831. The number of pyridine rings is 1. The molecule has 1 atom stereocenters. The Kier molecular flexibility index (Phi) is 14.6. The molecule has 0 saturated heterocycles. The minimum absolute atomic E-state index is 0.0175. The third-order valence-electron chi connectivity index (χ3n) is 6.60. The molecule has 0 aliphatic rings. The van der Waals surface area contributed by atoms with E-state index in [0.717, 1.165) is 10.9 Å². The Bertz CT molecular complexity index is 1560. The zero-order chi connectivity index (χ0) is 33.1. The highest BCUT2D eigenvalue weighted by Gasteiger charge is 2.22. The molecule has 12 nitrogen and oxygen atoms in total. The van der Waals surface area contributed by atoms with E-state index in [2.05, 4.69) is 20.9 Å². The number of alkyl carbamates (subject to hydrolysis) is 1. The number of fused-ring (bicyclic) bond motifs is 1. The molecule has 46 heavy (non-hydrogen) atoms. The van der Waals surface area contributed by atoms with Gasteiger partial charge in [0.1, 0.15) is 19.3 Å². The standard InChI is InChI=1S/C32H33N5O7.C2H6/c38-29(22-43-20-24-14-16-26(17-15-24)37(41)42)33-18-5-4-12-28(36-32(40)44-21-23-8-2-1-3-9-23)31(39)35-27-13-6-10-25-11-7-19-34-30(25)27;1-2/h1-3,6-11,13-17,19,28H,4-5,12,18,20-22H2,(H,33,38)(H,35,39)(H,36,40);1-2H3. The Morgan fingerprint density at radius 3 is 2.33 bits per heavy atom. The van der Waals surface area contributed by atoms with Crippen molar-refractivity contribution in [2.45, 2.75) is 52.4 Å². The molecule has 0 aliphatic heterocycles. The number of nitro benzene ring substituents is 1. The number of anilines is 1. The lowest BCUT2D eigenvalue weighted by Crippen LogP contribution is -2.44. The number of non-ortho nitro benzene ring substituents is 1. The second-order valence-electron chi connectivity index (χ2n) is 9.89. The summed E-state index contributed by atoms with van der Waals surface area (Å²) in [5.74, 6) is -0.726. The van der Waals surface area contributed by atoms with E-state index >= 15 is 0 Å². The van der Waals surface area contributed by atoms with Gasteiger partial charge in [0.2, 0.25) is 11.8 Å². The van der Waals surface area contributed by atoms with Gasteiger partial charge in [-0.2, -0.15) is 0 Å². The molecule has 0 bridgehead atoms. The predicted octanol–water partition coefficient (Wildman–Crippen LogP) is 5.91. The van der Waals surface area contributed by atoms with Crippen molar-refractivity contribution in [1.29, 1.82) is 0 Å². The average molecular weight is 630 g/mol. The van der Waals surface area contributed by atoms with Crippen LogP contribution in [0.25, 0.3) is 10.9 Å². The number of rotatable bonds is 15. The van der Waals surface area contributed by atoms with Crippen molar-refractivity contribution in [3.05, 3.63) is 112 Å². The van der Waals surface area contributed by atoms with Gasteiger partial charge in [-0.25, -0.2) is 4.79 Å². The topological polar surface area (TPSA) is 162 Å². The first-order valence-corrected chi connectivity index (χ1v) is 15.1. The summed E-state index contributed by atoms with van der Waals surface area (Å²) in [4.78, 5) is 52.7. The summed E-state index contributed by atoms with van der Waals surface area (Å²) in [5.41, 5.74) is 2.67. The lowest BCUT2D eigenvalue weighted by molar-refractivity contribution is -0.384. The van der Waals surface area contributed by atoms with Crippen molar-refractivity contribution in [3.63, 3.8) is 0 Å². The van der Waals surface area contributed by atoms with Crippen LogP contribution in [0.15, 0.2) is 91.1 Å². The Balaban J connectivity index is 0.00000282. The van der Waals surface area contributed by atoms with E-state index in [9.17, 15) is 24.5 Å². The van der Waals surface area contributed by atoms with Gasteiger partial charge in [-0.1, -0.05) is 62.4 Å². The van der Waals surface area contributed by atoms with Crippen molar-refractivity contribution in [3.8, 4) is 0 Å². The van der Waals surface area contributed by atoms with E-state index in [1.165, 1.54) is 12.1 Å². The molecule has 3 amide bonds. The van der Waals surface area contributed by atoms with Crippen molar-refractivity contribution < 1.29 is 28.8 Å². The normalized spacial score (nSPS) is 11.0. The third-order valence-corrected chi connectivity index (χ3v) is 6.60. The SMILES string of the molecule is CC.O=C(COCc1ccc([N+](=O)[O-])cc1)NCCCCC(NC(=O)OCc1ccccc1)C(=O)Nc1cccc2cccnc12. The van der Waals surface area contributed by atoms with Crippen molar-refractivity contribution in [2.24, 2.45) is 0 Å². The lowest BCUT2D eigenvalue weighted by atomic mass is 10.1. The number of hydrogen-bond acceptors (Lipinski definition) is 8. The number of para-hydroxylation sites is 1. The van der Waals surface area contributed by atoms with E-state index < -0.39 is 23.0 Å². The van der Waals surface area contributed by atoms with Gasteiger partial charge in [0.25, 0.3) is 5.69 Å². The van der Waals surface area contributed by atoms with Crippen LogP contribution in [-0.2, 0) is 32.3 Å². The van der Waals surface area contributed by atoms with E-state index in [-0.39, 0.29) is 31.4 Å². The van der Waals surface area contributed by atoms with E-state index in [4.69, 9.17) is 9.47 Å². The first-order valence-electron chi connectivity index (χ1n) is 15.1. The molecule has 1 heterocycles. The highest BCUT2D eigenvalue weighted by molar-refractivity contribution is 6.03. The molecule has 4 rings (SSSR count). The molecular formula is C34H39N5O7. The summed E-state index contributed by atoms with van der Waals surface area (Å²) in [6.07, 6.45) is 2.30. The number of ether oxygens (including phenoxy) is 2. The van der Waals surface area contributed by atoms with Crippen LogP contribution >= 0.6 is 0 Å². The van der Waals surface area contributed by atoms with Gasteiger partial charge in [0.15, 0.2) is 0 Å². The van der Waals surface area contributed by atoms with Gasteiger partial charge < -0.3 is 25.4 Å². The Labute approximate surface area is 267 Å². The number of nitro groups is 1. The molecule has 0 radical (unpaired) electrons. The maximum Gasteiger partial charge on any atom is 0.408 e.